The third-order valence-electron chi connectivity index (χ3n) is 1.86. The fourth-order valence-electron chi connectivity index (χ4n) is 1.27. The van der Waals surface area contributed by atoms with Crippen molar-refractivity contribution in [2.75, 3.05) is 19.7 Å². The Balaban J connectivity index is 2.09. The first-order valence-corrected chi connectivity index (χ1v) is 3.92. The maximum absolute atomic E-state index is 10.2. The van der Waals surface area contributed by atoms with Gasteiger partial charge in [0.15, 0.2) is 0 Å². The van der Waals surface area contributed by atoms with Gasteiger partial charge in [0.2, 0.25) is 0 Å². The van der Waals surface area contributed by atoms with Gasteiger partial charge in [-0.1, -0.05) is 0 Å². The van der Waals surface area contributed by atoms with Gasteiger partial charge in [0.1, 0.15) is 0 Å². The summed E-state index contributed by atoms with van der Waals surface area (Å²) in [7, 11) is 0. The molecular weight excluding hydrogens is 144 g/mol. The van der Waals surface area contributed by atoms with Crippen LogP contribution in [-0.2, 0) is 4.74 Å². The summed E-state index contributed by atoms with van der Waals surface area (Å²) in [6.07, 6.45) is 1.61. The molecule has 0 spiro atoms. The number of carbonyl (C=O) groups is 1. The molecule has 1 heterocycles. The van der Waals surface area contributed by atoms with Gasteiger partial charge in [0.05, 0.1) is 6.61 Å². The van der Waals surface area contributed by atoms with Crippen LogP contribution in [0.15, 0.2) is 0 Å². The van der Waals surface area contributed by atoms with E-state index in [-0.39, 0.29) is 0 Å². The molecule has 4 nitrogen and oxygen atoms in total. The van der Waals surface area contributed by atoms with Crippen LogP contribution >= 0.6 is 0 Å². The summed E-state index contributed by atoms with van der Waals surface area (Å²) in [5.74, 6) is 0.455. The maximum atomic E-state index is 10.2. The number of piperidine rings is 1. The Morgan fingerprint density at radius 3 is 3.09 bits per heavy atom. The van der Waals surface area contributed by atoms with E-state index in [0.29, 0.717) is 12.5 Å². The topological polar surface area (TPSA) is 64.4 Å². The summed E-state index contributed by atoms with van der Waals surface area (Å²) in [5, 5.41) is 3.23. The molecule has 1 rings (SSSR count). The largest absolute Gasteiger partial charge is 0.449 e. The second kappa shape index (κ2) is 4.18. The van der Waals surface area contributed by atoms with Crippen LogP contribution < -0.4 is 11.1 Å². The molecule has 1 unspecified atom stereocenters. The van der Waals surface area contributed by atoms with Crippen molar-refractivity contribution < 1.29 is 9.53 Å². The van der Waals surface area contributed by atoms with E-state index in [0.717, 1.165) is 25.9 Å². The lowest BCUT2D eigenvalue weighted by Crippen LogP contribution is -2.33. The van der Waals surface area contributed by atoms with E-state index < -0.39 is 6.09 Å². The van der Waals surface area contributed by atoms with E-state index in [9.17, 15) is 4.79 Å². The standard InChI is InChI=1S/C7H14N2O2/c8-7(10)11-5-6-2-1-3-9-4-6/h6,9H,1-5H2,(H2,8,10). The lowest BCUT2D eigenvalue weighted by Gasteiger charge is -2.21. The van der Waals surface area contributed by atoms with Gasteiger partial charge in [-0.3, -0.25) is 0 Å². The normalized spacial score (nSPS) is 24.5. The summed E-state index contributed by atoms with van der Waals surface area (Å²) < 4.78 is 4.68. The summed E-state index contributed by atoms with van der Waals surface area (Å²) in [6, 6.07) is 0. The molecule has 0 aromatic carbocycles. The van der Waals surface area contributed by atoms with Crippen molar-refractivity contribution in [3.8, 4) is 0 Å². The van der Waals surface area contributed by atoms with Crippen LogP contribution in [0.2, 0.25) is 0 Å². The zero-order chi connectivity index (χ0) is 8.10. The highest BCUT2D eigenvalue weighted by Crippen LogP contribution is 2.09. The van der Waals surface area contributed by atoms with Crippen LogP contribution in [-0.4, -0.2) is 25.8 Å². The molecule has 1 saturated heterocycles. The first kappa shape index (κ1) is 8.33. The number of nitrogens with one attached hydrogen (secondary N) is 1. The minimum Gasteiger partial charge on any atom is -0.449 e. The number of amides is 1. The van der Waals surface area contributed by atoms with Crippen molar-refractivity contribution >= 4 is 6.09 Å². The molecule has 0 aromatic heterocycles. The molecule has 0 aliphatic carbocycles. The average molecular weight is 158 g/mol. The fourth-order valence-corrected chi connectivity index (χ4v) is 1.27. The first-order chi connectivity index (χ1) is 5.29. The van der Waals surface area contributed by atoms with Gasteiger partial charge in [-0.2, -0.15) is 0 Å². The smallest absolute Gasteiger partial charge is 0.404 e. The number of primary amides is 1. The van der Waals surface area contributed by atoms with Crippen molar-refractivity contribution in [2.45, 2.75) is 12.8 Å². The minimum absolute atomic E-state index is 0.455. The Morgan fingerprint density at radius 1 is 1.73 bits per heavy atom. The lowest BCUT2D eigenvalue weighted by atomic mass is 10.0. The van der Waals surface area contributed by atoms with E-state index in [1.54, 1.807) is 0 Å². The van der Waals surface area contributed by atoms with E-state index in [1.807, 2.05) is 0 Å². The predicted molar refractivity (Wildman–Crippen MR) is 41.1 cm³/mol. The van der Waals surface area contributed by atoms with Gasteiger partial charge in [-0.05, 0) is 19.4 Å². The van der Waals surface area contributed by atoms with E-state index >= 15 is 0 Å². The molecule has 11 heavy (non-hydrogen) atoms. The van der Waals surface area contributed by atoms with Gasteiger partial charge in [-0.25, -0.2) is 4.79 Å². The van der Waals surface area contributed by atoms with Crippen molar-refractivity contribution in [1.82, 2.24) is 5.32 Å². The number of nitrogens with two attached hydrogens (primary N) is 1. The molecule has 1 fully saturated rings. The third kappa shape index (κ3) is 3.23. The van der Waals surface area contributed by atoms with Crippen LogP contribution in [0.5, 0.6) is 0 Å². The van der Waals surface area contributed by atoms with Gasteiger partial charge in [0.25, 0.3) is 0 Å². The molecule has 1 amide bonds. The summed E-state index contributed by atoms with van der Waals surface area (Å²) in [6.45, 7) is 2.47. The summed E-state index contributed by atoms with van der Waals surface area (Å²) >= 11 is 0. The molecule has 4 heteroatoms. The Morgan fingerprint density at radius 2 is 2.55 bits per heavy atom. The zero-order valence-corrected chi connectivity index (χ0v) is 6.51. The maximum Gasteiger partial charge on any atom is 0.404 e. The Labute approximate surface area is 66.1 Å². The second-order valence-corrected chi connectivity index (χ2v) is 2.84. The van der Waals surface area contributed by atoms with Gasteiger partial charge >= 0.3 is 6.09 Å². The van der Waals surface area contributed by atoms with Crippen molar-refractivity contribution in [1.29, 1.82) is 0 Å². The van der Waals surface area contributed by atoms with Gasteiger partial charge in [0, 0.05) is 12.5 Å². The van der Waals surface area contributed by atoms with Crippen LogP contribution in [0.3, 0.4) is 0 Å². The molecule has 1 atom stereocenters. The number of hydrogen-bond donors (Lipinski definition) is 2. The molecule has 1 aliphatic rings. The average Bonchev–Trinajstić information content (AvgIpc) is 2.03. The SMILES string of the molecule is NC(=O)OCC1CCCNC1. The highest BCUT2D eigenvalue weighted by atomic mass is 16.5. The quantitative estimate of drug-likeness (QED) is 0.598. The second-order valence-electron chi connectivity index (χ2n) is 2.84. The minimum atomic E-state index is -0.671. The van der Waals surface area contributed by atoms with E-state index in [2.05, 4.69) is 10.1 Å². The van der Waals surface area contributed by atoms with Crippen molar-refractivity contribution in [2.24, 2.45) is 11.7 Å². The van der Waals surface area contributed by atoms with Crippen LogP contribution in [0, 0.1) is 5.92 Å². The lowest BCUT2D eigenvalue weighted by molar-refractivity contribution is 0.128. The molecule has 0 bridgehead atoms. The van der Waals surface area contributed by atoms with E-state index in [1.165, 1.54) is 0 Å². The Kier molecular flexibility index (Phi) is 3.16. The molecule has 64 valence electrons. The number of hydrogen-bond acceptors (Lipinski definition) is 3. The first-order valence-electron chi connectivity index (χ1n) is 3.92. The van der Waals surface area contributed by atoms with Crippen LogP contribution in [0.25, 0.3) is 0 Å². The van der Waals surface area contributed by atoms with Gasteiger partial charge < -0.3 is 15.8 Å². The van der Waals surface area contributed by atoms with Gasteiger partial charge in [-0.15, -0.1) is 0 Å². The molecule has 0 aromatic rings. The molecule has 0 radical (unpaired) electrons. The van der Waals surface area contributed by atoms with E-state index in [4.69, 9.17) is 5.73 Å². The highest BCUT2D eigenvalue weighted by molar-refractivity contribution is 5.64. The fraction of sp³-hybridized carbons (Fsp3) is 0.857. The predicted octanol–water partition coefficient (Wildman–Crippen LogP) is 0.0813. The molecular formula is C7H14N2O2. The van der Waals surface area contributed by atoms with Crippen LogP contribution in [0.1, 0.15) is 12.8 Å². The third-order valence-corrected chi connectivity index (χ3v) is 1.86. The molecule has 0 saturated carbocycles. The van der Waals surface area contributed by atoms with Crippen molar-refractivity contribution in [3.05, 3.63) is 0 Å². The number of rotatable bonds is 2. The van der Waals surface area contributed by atoms with Crippen molar-refractivity contribution in [3.63, 3.8) is 0 Å². The molecule has 1 aliphatic heterocycles. The highest BCUT2D eigenvalue weighted by Gasteiger charge is 2.13. The summed E-state index contributed by atoms with van der Waals surface area (Å²) in [5.41, 5.74) is 4.83. The van der Waals surface area contributed by atoms with Crippen LogP contribution in [0.4, 0.5) is 4.79 Å². The summed E-state index contributed by atoms with van der Waals surface area (Å²) in [4.78, 5) is 10.2. The Hall–Kier alpha value is -0.770. The zero-order valence-electron chi connectivity index (χ0n) is 6.51. The number of ether oxygens (including phenoxy) is 1. The monoisotopic (exact) mass is 158 g/mol. The number of carbonyl (C=O) groups excluding carboxylic acids is 1. The Bertz CT molecular complexity index is 132. The molecule has 3 N–H and O–H groups in total.